The van der Waals surface area contributed by atoms with Crippen LogP contribution in [0.2, 0.25) is 0 Å². The van der Waals surface area contributed by atoms with Gasteiger partial charge in [0.25, 0.3) is 5.91 Å². The predicted octanol–water partition coefficient (Wildman–Crippen LogP) is -0.297. The zero-order chi connectivity index (χ0) is 15.0. The third kappa shape index (κ3) is 6.39. The number of nitrogen functional groups attached to an aromatic ring is 1. The number of ether oxygens (including phenoxy) is 1. The number of benzene rings is 1. The van der Waals surface area contributed by atoms with Gasteiger partial charge in [-0.1, -0.05) is 13.0 Å². The molecule has 0 bridgehead atoms. The lowest BCUT2D eigenvalue weighted by atomic mass is 10.3. The molecule has 1 aromatic rings. The molecule has 8 heteroatoms. The van der Waals surface area contributed by atoms with Gasteiger partial charge in [0.15, 0.2) is 6.61 Å². The third-order valence-corrected chi connectivity index (χ3v) is 3.76. The van der Waals surface area contributed by atoms with Gasteiger partial charge in [-0.05, 0) is 12.1 Å². The lowest BCUT2D eigenvalue weighted by molar-refractivity contribution is -0.122. The van der Waals surface area contributed by atoms with Crippen LogP contribution in [0.25, 0.3) is 0 Å². The van der Waals surface area contributed by atoms with Crippen molar-refractivity contribution in [1.29, 1.82) is 0 Å². The van der Waals surface area contributed by atoms with E-state index in [4.69, 9.17) is 10.5 Å². The molecule has 4 N–H and O–H groups in total. The molecular weight excluding hydrogens is 282 g/mol. The van der Waals surface area contributed by atoms with E-state index < -0.39 is 10.0 Å². The molecule has 0 spiro atoms. The van der Waals surface area contributed by atoms with Crippen LogP contribution in [0.4, 0.5) is 5.69 Å². The number of carbonyl (C=O) groups excluding carboxylic acids is 1. The molecule has 0 fully saturated rings. The highest BCUT2D eigenvalue weighted by Crippen LogP contribution is 2.13. The van der Waals surface area contributed by atoms with Crippen molar-refractivity contribution >= 4 is 21.6 Å². The number of sulfonamides is 1. The molecule has 0 aliphatic heterocycles. The van der Waals surface area contributed by atoms with Crippen LogP contribution in [0, 0.1) is 0 Å². The molecule has 0 aliphatic carbocycles. The van der Waals surface area contributed by atoms with E-state index >= 15 is 0 Å². The number of carbonyl (C=O) groups is 1. The molecule has 0 saturated carbocycles. The Morgan fingerprint density at radius 1 is 1.40 bits per heavy atom. The number of nitrogens with two attached hydrogens (primary N) is 1. The summed E-state index contributed by atoms with van der Waals surface area (Å²) in [7, 11) is -3.32. The molecular formula is C12H19N3O4S. The van der Waals surface area contributed by atoms with E-state index in [1.54, 1.807) is 31.2 Å². The van der Waals surface area contributed by atoms with Crippen molar-refractivity contribution in [1.82, 2.24) is 10.0 Å². The Labute approximate surface area is 118 Å². The molecule has 0 heterocycles. The molecule has 0 saturated heterocycles. The van der Waals surface area contributed by atoms with Crippen molar-refractivity contribution < 1.29 is 17.9 Å². The van der Waals surface area contributed by atoms with Crippen LogP contribution in [0.5, 0.6) is 5.75 Å². The summed E-state index contributed by atoms with van der Waals surface area (Å²) < 4.78 is 30.2. The van der Waals surface area contributed by atoms with Gasteiger partial charge >= 0.3 is 0 Å². The average molecular weight is 301 g/mol. The minimum absolute atomic E-state index is 0.0362. The maximum absolute atomic E-state index is 11.5. The van der Waals surface area contributed by atoms with Gasteiger partial charge in [0, 0.05) is 24.8 Å². The van der Waals surface area contributed by atoms with Gasteiger partial charge in [-0.15, -0.1) is 0 Å². The Hall–Kier alpha value is -1.80. The lowest BCUT2D eigenvalue weighted by Gasteiger charge is -2.08. The van der Waals surface area contributed by atoms with Crippen LogP contribution in [0.15, 0.2) is 24.3 Å². The van der Waals surface area contributed by atoms with Gasteiger partial charge in [-0.2, -0.15) is 0 Å². The molecule has 0 atom stereocenters. The second-order valence-corrected chi connectivity index (χ2v) is 5.95. The Kier molecular flexibility index (Phi) is 6.26. The Balaban J connectivity index is 2.27. The second-order valence-electron chi connectivity index (χ2n) is 4.03. The Bertz CT molecular complexity index is 545. The summed E-state index contributed by atoms with van der Waals surface area (Å²) in [5, 5.41) is 2.47. The van der Waals surface area contributed by atoms with Crippen LogP contribution >= 0.6 is 0 Å². The first-order valence-corrected chi connectivity index (χ1v) is 7.80. The van der Waals surface area contributed by atoms with Crippen molar-refractivity contribution in [3.8, 4) is 5.75 Å². The molecule has 20 heavy (non-hydrogen) atoms. The summed E-state index contributed by atoms with van der Waals surface area (Å²) in [6.45, 7) is 1.86. The molecule has 7 nitrogen and oxygen atoms in total. The molecule has 0 aliphatic rings. The van der Waals surface area contributed by atoms with Crippen LogP contribution in [-0.2, 0) is 14.8 Å². The van der Waals surface area contributed by atoms with Crippen LogP contribution in [0.3, 0.4) is 0 Å². The van der Waals surface area contributed by atoms with E-state index in [1.807, 2.05) is 0 Å². The molecule has 1 amide bonds. The van der Waals surface area contributed by atoms with Gasteiger partial charge in [0.1, 0.15) is 5.75 Å². The summed E-state index contributed by atoms with van der Waals surface area (Å²) in [6, 6.07) is 6.70. The molecule has 1 rings (SSSR count). The molecule has 1 aromatic carbocycles. The number of nitrogens with one attached hydrogen (secondary N) is 2. The van der Waals surface area contributed by atoms with Crippen molar-refractivity contribution in [3.63, 3.8) is 0 Å². The topological polar surface area (TPSA) is 111 Å². The summed E-state index contributed by atoms with van der Waals surface area (Å²) in [4.78, 5) is 11.5. The minimum Gasteiger partial charge on any atom is -0.484 e. The SMILES string of the molecule is CCNS(=O)(=O)CCNC(=O)COc1cccc(N)c1. The lowest BCUT2D eigenvalue weighted by Crippen LogP contribution is -2.36. The maximum Gasteiger partial charge on any atom is 0.257 e. The van der Waals surface area contributed by atoms with Gasteiger partial charge in [0.05, 0.1) is 5.75 Å². The Morgan fingerprint density at radius 2 is 2.15 bits per heavy atom. The smallest absolute Gasteiger partial charge is 0.257 e. The van der Waals surface area contributed by atoms with E-state index in [9.17, 15) is 13.2 Å². The van der Waals surface area contributed by atoms with Crippen LogP contribution in [0.1, 0.15) is 6.92 Å². The fourth-order valence-electron chi connectivity index (χ4n) is 1.42. The first-order valence-electron chi connectivity index (χ1n) is 6.15. The van der Waals surface area contributed by atoms with Crippen molar-refractivity contribution in [2.45, 2.75) is 6.92 Å². The van der Waals surface area contributed by atoms with Crippen LogP contribution < -0.4 is 20.5 Å². The summed E-state index contributed by atoms with van der Waals surface area (Å²) in [5.74, 6) is -0.0650. The Morgan fingerprint density at radius 3 is 2.80 bits per heavy atom. The molecule has 0 aromatic heterocycles. The largest absolute Gasteiger partial charge is 0.484 e. The van der Waals surface area contributed by atoms with E-state index in [0.717, 1.165) is 0 Å². The van der Waals surface area contributed by atoms with Crippen LogP contribution in [-0.4, -0.2) is 39.8 Å². The van der Waals surface area contributed by atoms with E-state index in [1.165, 1.54) is 0 Å². The molecule has 0 radical (unpaired) electrons. The number of anilines is 1. The number of rotatable bonds is 8. The van der Waals surface area contributed by atoms with Crippen molar-refractivity contribution in [2.24, 2.45) is 0 Å². The van der Waals surface area contributed by atoms with E-state index in [-0.39, 0.29) is 24.8 Å². The quantitative estimate of drug-likeness (QED) is 0.571. The molecule has 112 valence electrons. The van der Waals surface area contributed by atoms with Gasteiger partial charge in [-0.25, -0.2) is 13.1 Å². The molecule has 0 unspecified atom stereocenters. The normalized spacial score (nSPS) is 11.1. The summed E-state index contributed by atoms with van der Waals surface area (Å²) in [5.41, 5.74) is 6.11. The van der Waals surface area contributed by atoms with E-state index in [0.29, 0.717) is 18.0 Å². The number of amides is 1. The summed E-state index contributed by atoms with van der Waals surface area (Å²) >= 11 is 0. The minimum atomic E-state index is -3.32. The van der Waals surface area contributed by atoms with E-state index in [2.05, 4.69) is 10.0 Å². The van der Waals surface area contributed by atoms with Crippen molar-refractivity contribution in [3.05, 3.63) is 24.3 Å². The monoisotopic (exact) mass is 301 g/mol. The third-order valence-electron chi connectivity index (χ3n) is 2.29. The first-order chi connectivity index (χ1) is 9.43. The standard InChI is InChI=1S/C12H19N3O4S/c1-2-15-20(17,18)7-6-14-12(16)9-19-11-5-3-4-10(13)8-11/h3-5,8,15H,2,6-7,9,13H2,1H3,(H,14,16). The van der Waals surface area contributed by atoms with Gasteiger partial charge in [-0.3, -0.25) is 4.79 Å². The fraction of sp³-hybridized carbons (Fsp3) is 0.417. The summed E-state index contributed by atoms with van der Waals surface area (Å²) in [6.07, 6.45) is 0. The highest BCUT2D eigenvalue weighted by atomic mass is 32.2. The predicted molar refractivity (Wildman–Crippen MR) is 76.8 cm³/mol. The number of hydrogen-bond donors (Lipinski definition) is 3. The highest BCUT2D eigenvalue weighted by Gasteiger charge is 2.09. The number of hydrogen-bond acceptors (Lipinski definition) is 5. The average Bonchev–Trinajstić information content (AvgIpc) is 2.36. The zero-order valence-electron chi connectivity index (χ0n) is 11.3. The maximum atomic E-state index is 11.5. The highest BCUT2D eigenvalue weighted by molar-refractivity contribution is 7.89. The zero-order valence-corrected chi connectivity index (χ0v) is 12.1. The van der Waals surface area contributed by atoms with Gasteiger partial charge < -0.3 is 15.8 Å². The second kappa shape index (κ2) is 7.71. The fourth-order valence-corrected chi connectivity index (χ4v) is 2.38. The first kappa shape index (κ1) is 16.3. The van der Waals surface area contributed by atoms with Gasteiger partial charge in [0.2, 0.25) is 10.0 Å². The van der Waals surface area contributed by atoms with Crippen molar-refractivity contribution in [2.75, 3.05) is 31.2 Å².